The Labute approximate surface area is 105 Å². The topological polar surface area (TPSA) is 29.5 Å². The molecular formula is C14H16O2S. The molecule has 2 atom stereocenters. The van der Waals surface area contributed by atoms with Crippen molar-refractivity contribution in [2.24, 2.45) is 5.92 Å². The largest absolute Gasteiger partial charge is 0.385 e. The van der Waals surface area contributed by atoms with E-state index in [0.717, 1.165) is 18.6 Å². The lowest BCUT2D eigenvalue weighted by Gasteiger charge is -2.30. The van der Waals surface area contributed by atoms with Crippen molar-refractivity contribution < 1.29 is 9.84 Å². The number of benzene rings is 1. The van der Waals surface area contributed by atoms with Crippen molar-refractivity contribution in [1.82, 2.24) is 0 Å². The first-order valence-electron chi connectivity index (χ1n) is 5.96. The number of hydrogen-bond acceptors (Lipinski definition) is 3. The smallest absolute Gasteiger partial charge is 0.0933 e. The van der Waals surface area contributed by atoms with Crippen LogP contribution in [0.1, 0.15) is 18.9 Å². The molecule has 0 aliphatic carbocycles. The highest BCUT2D eigenvalue weighted by atomic mass is 32.1. The molecule has 0 bridgehead atoms. The van der Waals surface area contributed by atoms with Crippen LogP contribution in [0.4, 0.5) is 0 Å². The van der Waals surface area contributed by atoms with Gasteiger partial charge in [-0.2, -0.15) is 0 Å². The second-order valence-corrected chi connectivity index (χ2v) is 5.77. The van der Waals surface area contributed by atoms with Gasteiger partial charge < -0.3 is 9.84 Å². The molecule has 3 rings (SSSR count). The molecule has 17 heavy (non-hydrogen) atoms. The van der Waals surface area contributed by atoms with Crippen molar-refractivity contribution in [2.45, 2.75) is 18.9 Å². The fourth-order valence-corrected chi connectivity index (χ4v) is 3.61. The third kappa shape index (κ3) is 1.79. The van der Waals surface area contributed by atoms with Crippen molar-refractivity contribution >= 4 is 21.4 Å². The molecule has 2 aromatic rings. The quantitative estimate of drug-likeness (QED) is 0.884. The highest BCUT2D eigenvalue weighted by molar-refractivity contribution is 7.17. The minimum atomic E-state index is -0.791. The maximum Gasteiger partial charge on any atom is 0.0933 e. The molecule has 1 aromatic heterocycles. The Kier molecular flexibility index (Phi) is 2.69. The second kappa shape index (κ2) is 4.09. The Morgan fingerprint density at radius 2 is 2.29 bits per heavy atom. The Morgan fingerprint density at radius 3 is 3.06 bits per heavy atom. The summed E-state index contributed by atoms with van der Waals surface area (Å²) < 4.78 is 6.60. The number of rotatable bonds is 2. The van der Waals surface area contributed by atoms with Gasteiger partial charge in [0.1, 0.15) is 0 Å². The van der Waals surface area contributed by atoms with Crippen molar-refractivity contribution in [3.63, 3.8) is 0 Å². The number of aliphatic hydroxyl groups is 1. The van der Waals surface area contributed by atoms with Gasteiger partial charge in [-0.25, -0.2) is 0 Å². The van der Waals surface area contributed by atoms with E-state index in [1.54, 1.807) is 11.3 Å². The first kappa shape index (κ1) is 11.2. The van der Waals surface area contributed by atoms with Gasteiger partial charge >= 0.3 is 0 Å². The molecule has 1 fully saturated rings. The normalized spacial score (nSPS) is 24.0. The van der Waals surface area contributed by atoms with Gasteiger partial charge in [0, 0.05) is 22.8 Å². The number of ether oxygens (including phenoxy) is 1. The van der Waals surface area contributed by atoms with Gasteiger partial charge in [-0.15, -0.1) is 11.3 Å². The molecule has 1 N–H and O–H groups in total. The number of thiophene rings is 1. The van der Waals surface area contributed by atoms with Gasteiger partial charge in [0.2, 0.25) is 0 Å². The van der Waals surface area contributed by atoms with Crippen molar-refractivity contribution in [1.29, 1.82) is 0 Å². The van der Waals surface area contributed by atoms with E-state index in [2.05, 4.69) is 17.5 Å². The summed E-state index contributed by atoms with van der Waals surface area (Å²) in [6, 6.07) is 8.26. The summed E-state index contributed by atoms with van der Waals surface area (Å²) in [5.74, 6) is 0.204. The lowest BCUT2D eigenvalue weighted by Crippen LogP contribution is -2.32. The zero-order valence-electron chi connectivity index (χ0n) is 9.85. The Morgan fingerprint density at radius 1 is 1.41 bits per heavy atom. The SMILES string of the molecule is CC(O)(c1cccc2ccsc12)C1CCOC1. The summed E-state index contributed by atoms with van der Waals surface area (Å²) >= 11 is 1.70. The maximum absolute atomic E-state index is 10.8. The average Bonchev–Trinajstić information content (AvgIpc) is 2.99. The number of hydrogen-bond donors (Lipinski definition) is 1. The van der Waals surface area contributed by atoms with E-state index in [-0.39, 0.29) is 5.92 Å². The van der Waals surface area contributed by atoms with E-state index in [0.29, 0.717) is 6.61 Å². The van der Waals surface area contributed by atoms with Crippen molar-refractivity contribution in [3.05, 3.63) is 35.2 Å². The van der Waals surface area contributed by atoms with Gasteiger partial charge in [-0.1, -0.05) is 18.2 Å². The van der Waals surface area contributed by atoms with Gasteiger partial charge in [0.25, 0.3) is 0 Å². The second-order valence-electron chi connectivity index (χ2n) is 4.85. The van der Waals surface area contributed by atoms with Crippen LogP contribution in [-0.2, 0) is 10.3 Å². The maximum atomic E-state index is 10.8. The monoisotopic (exact) mass is 248 g/mol. The molecule has 1 aliphatic rings. The molecule has 2 nitrogen and oxygen atoms in total. The number of fused-ring (bicyclic) bond motifs is 1. The molecular weight excluding hydrogens is 232 g/mol. The van der Waals surface area contributed by atoms with Crippen LogP contribution in [0.5, 0.6) is 0 Å². The zero-order valence-corrected chi connectivity index (χ0v) is 10.7. The van der Waals surface area contributed by atoms with Crippen LogP contribution in [0.2, 0.25) is 0 Å². The Hall–Kier alpha value is -0.900. The first-order chi connectivity index (χ1) is 8.19. The van der Waals surface area contributed by atoms with E-state index >= 15 is 0 Å². The molecule has 1 saturated heterocycles. The molecule has 0 amide bonds. The fourth-order valence-electron chi connectivity index (χ4n) is 2.59. The zero-order chi connectivity index (χ0) is 11.9. The Bertz CT molecular complexity index is 524. The average molecular weight is 248 g/mol. The molecule has 1 aromatic carbocycles. The van der Waals surface area contributed by atoms with Crippen LogP contribution < -0.4 is 0 Å². The van der Waals surface area contributed by atoms with Gasteiger partial charge in [-0.3, -0.25) is 0 Å². The predicted octanol–water partition coefficient (Wildman–Crippen LogP) is 3.15. The third-order valence-corrected chi connectivity index (χ3v) is 4.71. The standard InChI is InChI=1S/C14H16O2S/c1-14(15,11-5-7-16-9-11)12-4-2-3-10-6-8-17-13(10)12/h2-4,6,8,11,15H,5,7,9H2,1H3. The highest BCUT2D eigenvalue weighted by Gasteiger charge is 2.37. The van der Waals surface area contributed by atoms with Crippen LogP contribution in [0.15, 0.2) is 29.6 Å². The molecule has 0 saturated carbocycles. The van der Waals surface area contributed by atoms with E-state index in [1.165, 1.54) is 10.1 Å². The van der Waals surface area contributed by atoms with E-state index in [1.807, 2.05) is 19.1 Å². The van der Waals surface area contributed by atoms with Crippen molar-refractivity contribution in [3.8, 4) is 0 Å². The lowest BCUT2D eigenvalue weighted by molar-refractivity contribution is -0.00827. The van der Waals surface area contributed by atoms with E-state index in [4.69, 9.17) is 4.74 Å². The Balaban J connectivity index is 2.10. The van der Waals surface area contributed by atoms with Crippen LogP contribution in [0.3, 0.4) is 0 Å². The lowest BCUT2D eigenvalue weighted by atomic mass is 9.82. The van der Waals surface area contributed by atoms with Gasteiger partial charge in [0.05, 0.1) is 12.2 Å². The van der Waals surface area contributed by atoms with Crippen LogP contribution in [0.25, 0.3) is 10.1 Å². The molecule has 2 unspecified atom stereocenters. The molecule has 1 aliphatic heterocycles. The summed E-state index contributed by atoms with van der Waals surface area (Å²) in [4.78, 5) is 0. The highest BCUT2D eigenvalue weighted by Crippen LogP contribution is 2.39. The molecule has 90 valence electrons. The van der Waals surface area contributed by atoms with Gasteiger partial charge in [0.15, 0.2) is 0 Å². The minimum absolute atomic E-state index is 0.204. The van der Waals surface area contributed by atoms with E-state index in [9.17, 15) is 5.11 Å². The van der Waals surface area contributed by atoms with Gasteiger partial charge in [-0.05, 0) is 30.2 Å². The first-order valence-corrected chi connectivity index (χ1v) is 6.84. The predicted molar refractivity (Wildman–Crippen MR) is 70.3 cm³/mol. The molecule has 0 radical (unpaired) electrons. The minimum Gasteiger partial charge on any atom is -0.385 e. The van der Waals surface area contributed by atoms with Crippen molar-refractivity contribution in [2.75, 3.05) is 13.2 Å². The van der Waals surface area contributed by atoms with E-state index < -0.39 is 5.60 Å². The molecule has 0 spiro atoms. The van der Waals surface area contributed by atoms with Crippen LogP contribution in [-0.4, -0.2) is 18.3 Å². The third-order valence-electron chi connectivity index (χ3n) is 3.75. The molecule has 3 heteroatoms. The van der Waals surface area contributed by atoms with Crippen LogP contribution >= 0.6 is 11.3 Å². The summed E-state index contributed by atoms with van der Waals surface area (Å²) in [6.07, 6.45) is 0.939. The summed E-state index contributed by atoms with van der Waals surface area (Å²) in [7, 11) is 0. The summed E-state index contributed by atoms with van der Waals surface area (Å²) in [5, 5.41) is 14.1. The summed E-state index contributed by atoms with van der Waals surface area (Å²) in [5.41, 5.74) is 0.251. The fraction of sp³-hybridized carbons (Fsp3) is 0.429. The van der Waals surface area contributed by atoms with Crippen LogP contribution in [0, 0.1) is 5.92 Å². The molecule has 2 heterocycles. The summed E-state index contributed by atoms with van der Waals surface area (Å²) in [6.45, 7) is 3.34.